The van der Waals surface area contributed by atoms with Gasteiger partial charge in [-0.15, -0.1) is 0 Å². The summed E-state index contributed by atoms with van der Waals surface area (Å²) >= 11 is 0. The molecule has 0 aliphatic heterocycles. The van der Waals surface area contributed by atoms with Crippen LogP contribution in [-0.2, 0) is 0 Å². The van der Waals surface area contributed by atoms with E-state index < -0.39 is 5.63 Å². The molecule has 4 nitrogen and oxygen atoms in total. The molecule has 1 heterocycles. The second-order valence-corrected chi connectivity index (χ2v) is 6.04. The number of phenols is 1. The van der Waals surface area contributed by atoms with Crippen molar-refractivity contribution in [3.63, 3.8) is 0 Å². The SMILES string of the molecule is COc1ccc2c(c1)c(=O)oc1cc(-c3ccc(C)cc3)cc(O)c12. The van der Waals surface area contributed by atoms with Gasteiger partial charge >= 0.3 is 5.63 Å². The van der Waals surface area contributed by atoms with Crippen molar-refractivity contribution in [3.8, 4) is 22.6 Å². The van der Waals surface area contributed by atoms with Gasteiger partial charge in [-0.05, 0) is 48.4 Å². The van der Waals surface area contributed by atoms with Gasteiger partial charge in [0.05, 0.1) is 17.9 Å². The van der Waals surface area contributed by atoms with Crippen molar-refractivity contribution in [1.29, 1.82) is 0 Å². The Balaban J connectivity index is 2.03. The van der Waals surface area contributed by atoms with Crippen LogP contribution < -0.4 is 10.4 Å². The Morgan fingerprint density at radius 1 is 0.920 bits per heavy atom. The number of hydrogen-bond donors (Lipinski definition) is 1. The summed E-state index contributed by atoms with van der Waals surface area (Å²) in [7, 11) is 1.54. The van der Waals surface area contributed by atoms with Gasteiger partial charge in [-0.1, -0.05) is 29.8 Å². The Labute approximate surface area is 143 Å². The average molecular weight is 332 g/mol. The lowest BCUT2D eigenvalue weighted by atomic mass is 10.00. The number of rotatable bonds is 2. The molecule has 0 aliphatic carbocycles. The number of fused-ring (bicyclic) bond motifs is 3. The van der Waals surface area contributed by atoms with Crippen LogP contribution in [0.3, 0.4) is 0 Å². The minimum Gasteiger partial charge on any atom is -0.507 e. The maximum absolute atomic E-state index is 12.4. The fraction of sp³-hybridized carbons (Fsp3) is 0.0952. The summed E-state index contributed by atoms with van der Waals surface area (Å²) in [6.07, 6.45) is 0. The third-order valence-corrected chi connectivity index (χ3v) is 4.38. The molecule has 0 aliphatic rings. The largest absolute Gasteiger partial charge is 0.507 e. The second kappa shape index (κ2) is 5.67. The topological polar surface area (TPSA) is 59.7 Å². The minimum atomic E-state index is -0.457. The predicted octanol–water partition coefficient (Wildman–Crippen LogP) is 4.64. The fourth-order valence-corrected chi connectivity index (χ4v) is 3.06. The van der Waals surface area contributed by atoms with Crippen LogP contribution in [0.4, 0.5) is 0 Å². The molecule has 4 heteroatoms. The van der Waals surface area contributed by atoms with Crippen LogP contribution in [0.5, 0.6) is 11.5 Å². The van der Waals surface area contributed by atoms with E-state index in [0.29, 0.717) is 27.5 Å². The first-order valence-electron chi connectivity index (χ1n) is 7.91. The first-order chi connectivity index (χ1) is 12.1. The molecule has 0 spiro atoms. The van der Waals surface area contributed by atoms with Gasteiger partial charge in [0.1, 0.15) is 17.1 Å². The van der Waals surface area contributed by atoms with Crippen molar-refractivity contribution in [1.82, 2.24) is 0 Å². The molecule has 3 aromatic carbocycles. The number of benzene rings is 3. The van der Waals surface area contributed by atoms with Gasteiger partial charge in [0, 0.05) is 5.39 Å². The van der Waals surface area contributed by atoms with Crippen molar-refractivity contribution < 1.29 is 14.3 Å². The Bertz CT molecular complexity index is 1150. The van der Waals surface area contributed by atoms with Gasteiger partial charge in [0.25, 0.3) is 0 Å². The zero-order chi connectivity index (χ0) is 17.6. The molecule has 0 radical (unpaired) electrons. The van der Waals surface area contributed by atoms with Crippen LogP contribution in [0.1, 0.15) is 5.56 Å². The monoisotopic (exact) mass is 332 g/mol. The lowest BCUT2D eigenvalue weighted by Gasteiger charge is -2.09. The fourth-order valence-electron chi connectivity index (χ4n) is 3.06. The smallest absolute Gasteiger partial charge is 0.344 e. The number of ether oxygens (including phenoxy) is 1. The number of hydrogen-bond acceptors (Lipinski definition) is 4. The van der Waals surface area contributed by atoms with E-state index >= 15 is 0 Å². The summed E-state index contributed by atoms with van der Waals surface area (Å²) in [6.45, 7) is 2.01. The molecule has 4 rings (SSSR count). The van der Waals surface area contributed by atoms with Crippen molar-refractivity contribution in [3.05, 3.63) is 70.6 Å². The highest BCUT2D eigenvalue weighted by molar-refractivity contribution is 6.08. The van der Waals surface area contributed by atoms with Crippen LogP contribution >= 0.6 is 0 Å². The molecule has 124 valence electrons. The molecule has 0 saturated carbocycles. The molecule has 4 aromatic rings. The Morgan fingerprint density at radius 3 is 2.40 bits per heavy atom. The summed E-state index contributed by atoms with van der Waals surface area (Å²) < 4.78 is 10.6. The van der Waals surface area contributed by atoms with Crippen molar-refractivity contribution in [2.45, 2.75) is 6.92 Å². The van der Waals surface area contributed by atoms with E-state index in [-0.39, 0.29) is 5.75 Å². The quantitative estimate of drug-likeness (QED) is 0.429. The Kier molecular flexibility index (Phi) is 3.46. The number of methoxy groups -OCH3 is 1. The van der Waals surface area contributed by atoms with Gasteiger partial charge in [-0.3, -0.25) is 0 Å². The standard InChI is InChI=1S/C21H16O4/c1-12-3-5-13(6-4-12)14-9-18(22)20-16-8-7-15(24-2)11-17(16)21(23)25-19(20)10-14/h3-11,22H,1-2H3. The second-order valence-electron chi connectivity index (χ2n) is 6.04. The summed E-state index contributed by atoms with van der Waals surface area (Å²) in [5.74, 6) is 0.641. The molecule has 25 heavy (non-hydrogen) atoms. The van der Waals surface area contributed by atoms with E-state index in [1.807, 2.05) is 31.2 Å². The van der Waals surface area contributed by atoms with E-state index in [2.05, 4.69) is 0 Å². The molecular weight excluding hydrogens is 316 g/mol. The van der Waals surface area contributed by atoms with E-state index in [9.17, 15) is 9.90 Å². The van der Waals surface area contributed by atoms with Crippen LogP contribution in [0.25, 0.3) is 32.9 Å². The Morgan fingerprint density at radius 2 is 1.68 bits per heavy atom. The van der Waals surface area contributed by atoms with Gasteiger partial charge in [-0.2, -0.15) is 0 Å². The lowest BCUT2D eigenvalue weighted by Crippen LogP contribution is -2.00. The highest BCUT2D eigenvalue weighted by atomic mass is 16.5. The summed E-state index contributed by atoms with van der Waals surface area (Å²) in [4.78, 5) is 12.4. The molecule has 0 saturated heterocycles. The molecule has 0 fully saturated rings. The van der Waals surface area contributed by atoms with Gasteiger partial charge in [-0.25, -0.2) is 4.79 Å². The van der Waals surface area contributed by atoms with Crippen molar-refractivity contribution >= 4 is 21.7 Å². The van der Waals surface area contributed by atoms with Gasteiger partial charge in [0.2, 0.25) is 0 Å². The van der Waals surface area contributed by atoms with Gasteiger partial charge in [0.15, 0.2) is 0 Å². The maximum atomic E-state index is 12.4. The van der Waals surface area contributed by atoms with Gasteiger partial charge < -0.3 is 14.3 Å². The van der Waals surface area contributed by atoms with Crippen molar-refractivity contribution in [2.75, 3.05) is 7.11 Å². The highest BCUT2D eigenvalue weighted by Gasteiger charge is 2.14. The summed E-state index contributed by atoms with van der Waals surface area (Å²) in [6, 6.07) is 16.6. The molecule has 0 bridgehead atoms. The molecular formula is C21H16O4. The van der Waals surface area contributed by atoms with Crippen LogP contribution in [0.2, 0.25) is 0 Å². The van der Waals surface area contributed by atoms with Crippen LogP contribution in [-0.4, -0.2) is 12.2 Å². The molecule has 0 unspecified atom stereocenters. The average Bonchev–Trinajstić information content (AvgIpc) is 2.61. The number of phenolic OH excluding ortho intramolecular Hbond substituents is 1. The van der Waals surface area contributed by atoms with E-state index in [1.165, 1.54) is 7.11 Å². The van der Waals surface area contributed by atoms with Crippen LogP contribution in [0.15, 0.2) is 63.8 Å². The maximum Gasteiger partial charge on any atom is 0.344 e. The van der Waals surface area contributed by atoms with Crippen molar-refractivity contribution in [2.24, 2.45) is 0 Å². The molecule has 0 atom stereocenters. The zero-order valence-electron chi connectivity index (χ0n) is 13.9. The first-order valence-corrected chi connectivity index (χ1v) is 7.91. The first kappa shape index (κ1) is 15.3. The third-order valence-electron chi connectivity index (χ3n) is 4.38. The predicted molar refractivity (Wildman–Crippen MR) is 98.4 cm³/mol. The lowest BCUT2D eigenvalue weighted by molar-refractivity contribution is 0.415. The zero-order valence-corrected chi connectivity index (χ0v) is 13.9. The highest BCUT2D eigenvalue weighted by Crippen LogP contribution is 2.36. The Hall–Kier alpha value is -3.27. The normalized spacial score (nSPS) is 11.1. The summed E-state index contributed by atoms with van der Waals surface area (Å²) in [5, 5.41) is 12.1. The van der Waals surface area contributed by atoms with E-state index in [1.54, 1.807) is 30.3 Å². The number of aryl methyl sites for hydroxylation is 1. The van der Waals surface area contributed by atoms with E-state index in [4.69, 9.17) is 9.15 Å². The van der Waals surface area contributed by atoms with Crippen LogP contribution in [0, 0.1) is 6.92 Å². The molecule has 1 aromatic heterocycles. The van der Waals surface area contributed by atoms with E-state index in [0.717, 1.165) is 16.7 Å². The minimum absolute atomic E-state index is 0.0759. The number of aromatic hydroxyl groups is 1. The molecule has 1 N–H and O–H groups in total. The third kappa shape index (κ3) is 2.52. The summed E-state index contributed by atoms with van der Waals surface area (Å²) in [5.41, 5.74) is 2.79. The molecule has 0 amide bonds.